The average molecular weight is 504 g/mol. The fraction of sp³-hybridized carbons (Fsp3) is 0.407. The van der Waals surface area contributed by atoms with E-state index >= 15 is 0 Å². The van der Waals surface area contributed by atoms with Crippen LogP contribution >= 0.6 is 0 Å². The number of nitrogens with zero attached hydrogens (tertiary/aromatic N) is 5. The van der Waals surface area contributed by atoms with Crippen molar-refractivity contribution in [2.45, 2.75) is 45.3 Å². The third-order valence-corrected chi connectivity index (χ3v) is 7.09. The molecule has 2 aliphatic rings. The Morgan fingerprint density at radius 1 is 1.14 bits per heavy atom. The second-order valence-corrected chi connectivity index (χ2v) is 9.53. The quantitative estimate of drug-likeness (QED) is 0.494. The van der Waals surface area contributed by atoms with Crippen LogP contribution in [0.15, 0.2) is 24.7 Å². The molecule has 1 saturated heterocycles. The molecule has 1 fully saturated rings. The Morgan fingerprint density at radius 2 is 1.89 bits per heavy atom. The number of hydrogen-bond acceptors (Lipinski definition) is 8. The molecule has 1 aromatic carbocycles. The van der Waals surface area contributed by atoms with Gasteiger partial charge in [0, 0.05) is 67.6 Å². The van der Waals surface area contributed by atoms with Gasteiger partial charge in [0.25, 0.3) is 0 Å². The first-order valence-corrected chi connectivity index (χ1v) is 12.4. The van der Waals surface area contributed by atoms with E-state index in [4.69, 9.17) is 19.4 Å². The van der Waals surface area contributed by atoms with Crippen molar-refractivity contribution >= 4 is 23.9 Å². The number of anilines is 1. The second-order valence-electron chi connectivity index (χ2n) is 9.53. The Balaban J connectivity index is 1.55. The Morgan fingerprint density at radius 3 is 2.51 bits per heavy atom. The van der Waals surface area contributed by atoms with Gasteiger partial charge in [0.15, 0.2) is 0 Å². The minimum absolute atomic E-state index is 0.0457. The van der Waals surface area contributed by atoms with E-state index in [0.29, 0.717) is 19.4 Å². The number of aromatic nitrogens is 4. The van der Waals surface area contributed by atoms with E-state index in [0.717, 1.165) is 56.7 Å². The van der Waals surface area contributed by atoms with E-state index in [1.807, 2.05) is 25.5 Å². The van der Waals surface area contributed by atoms with E-state index in [2.05, 4.69) is 40.6 Å². The Labute approximate surface area is 216 Å². The van der Waals surface area contributed by atoms with Gasteiger partial charge in [0.2, 0.25) is 5.91 Å². The highest BCUT2D eigenvalue weighted by atomic mass is 16.5. The van der Waals surface area contributed by atoms with E-state index in [-0.39, 0.29) is 18.1 Å². The molecule has 1 amide bonds. The molecule has 4 heterocycles. The lowest BCUT2D eigenvalue weighted by atomic mass is 10.0. The topological polar surface area (TPSA) is 106 Å². The van der Waals surface area contributed by atoms with Crippen molar-refractivity contribution in [2.24, 2.45) is 7.05 Å². The largest absolute Gasteiger partial charge is 0.496 e. The smallest absolute Gasteiger partial charge is 0.220 e. The Hall–Kier alpha value is -4.08. The highest BCUT2D eigenvalue weighted by Crippen LogP contribution is 2.40. The van der Waals surface area contributed by atoms with Crippen LogP contribution in [0.5, 0.6) is 11.5 Å². The number of amides is 1. The van der Waals surface area contributed by atoms with E-state index < -0.39 is 0 Å². The molecule has 2 N–H and O–H groups in total. The first-order chi connectivity index (χ1) is 17.9. The van der Waals surface area contributed by atoms with Crippen molar-refractivity contribution in [2.75, 3.05) is 25.7 Å². The summed E-state index contributed by atoms with van der Waals surface area (Å²) in [6.45, 7) is 4.76. The van der Waals surface area contributed by atoms with Gasteiger partial charge in [-0.05, 0) is 20.3 Å². The van der Waals surface area contributed by atoms with Gasteiger partial charge in [-0.25, -0.2) is 4.98 Å². The molecule has 3 aromatic rings. The van der Waals surface area contributed by atoms with Crippen LogP contribution in [0.1, 0.15) is 30.4 Å². The monoisotopic (exact) mass is 503 g/mol. The van der Waals surface area contributed by atoms with Gasteiger partial charge in [-0.3, -0.25) is 14.5 Å². The standard InChI is InChI=1S/C27H33N7O3/c1-16-23(36-4)10-24(37-5)17(2)27(16)34(15-19-6-9-26(35)31-19)25-8-7-20-22(13-29-25)32-21(12-28-20)18-11-30-33(3)14-18/h7,10-14,19,25,29H,6,8-9,15H2,1-5H3,(H,31,35). The molecule has 5 rings (SSSR count). The van der Waals surface area contributed by atoms with Gasteiger partial charge in [0.1, 0.15) is 23.0 Å². The van der Waals surface area contributed by atoms with Crippen LogP contribution < -0.4 is 35.7 Å². The minimum Gasteiger partial charge on any atom is -0.496 e. The average Bonchev–Trinajstić information content (AvgIpc) is 3.45. The summed E-state index contributed by atoms with van der Waals surface area (Å²) in [5.74, 6) is 1.61. The molecule has 2 aromatic heterocycles. The van der Waals surface area contributed by atoms with Crippen molar-refractivity contribution in [3.05, 3.63) is 46.5 Å². The van der Waals surface area contributed by atoms with Gasteiger partial charge >= 0.3 is 0 Å². The fourth-order valence-electron chi connectivity index (χ4n) is 5.18. The predicted octanol–water partition coefficient (Wildman–Crippen LogP) is 1.13. The summed E-state index contributed by atoms with van der Waals surface area (Å²) in [7, 11) is 5.22. The van der Waals surface area contributed by atoms with Crippen molar-refractivity contribution < 1.29 is 14.3 Å². The molecule has 2 atom stereocenters. The van der Waals surface area contributed by atoms with Crippen LogP contribution in [-0.4, -0.2) is 58.6 Å². The highest BCUT2D eigenvalue weighted by molar-refractivity contribution is 5.78. The molecule has 0 bridgehead atoms. The third kappa shape index (κ3) is 4.83. The maximum atomic E-state index is 12.0. The summed E-state index contributed by atoms with van der Waals surface area (Å²) in [4.78, 5) is 23.9. The number of fused-ring (bicyclic) bond motifs is 1. The number of nitrogens with one attached hydrogen (secondary N) is 2. The molecule has 2 aliphatic heterocycles. The first kappa shape index (κ1) is 24.6. The molecule has 0 aliphatic carbocycles. The zero-order chi connectivity index (χ0) is 26.1. The Kier molecular flexibility index (Phi) is 6.73. The summed E-state index contributed by atoms with van der Waals surface area (Å²) in [6, 6.07) is 1.97. The van der Waals surface area contributed by atoms with Crippen molar-refractivity contribution in [3.63, 3.8) is 0 Å². The van der Waals surface area contributed by atoms with Crippen LogP contribution in [-0.2, 0) is 11.8 Å². The number of rotatable bonds is 7. The van der Waals surface area contributed by atoms with E-state index in [1.165, 1.54) is 0 Å². The number of carbonyl (C=O) groups is 1. The molecule has 0 radical (unpaired) electrons. The Bertz CT molecular complexity index is 1420. The van der Waals surface area contributed by atoms with Gasteiger partial charge < -0.3 is 25.0 Å². The SMILES string of the molecule is COc1cc(OC)c(C)c(N(CC2CCC(=O)N2)C2CC=c3ncc(-c4cnn(C)c4)nc3=CN2)c1C. The van der Waals surface area contributed by atoms with Crippen LogP contribution in [0.4, 0.5) is 5.69 Å². The number of carbonyl (C=O) groups excluding carboxylic acids is 1. The molecule has 0 saturated carbocycles. The second kappa shape index (κ2) is 10.1. The van der Waals surface area contributed by atoms with E-state index in [9.17, 15) is 4.79 Å². The van der Waals surface area contributed by atoms with Gasteiger partial charge in [0.05, 0.1) is 43.3 Å². The first-order valence-electron chi connectivity index (χ1n) is 12.4. The van der Waals surface area contributed by atoms with Crippen LogP contribution in [0, 0.1) is 13.8 Å². The van der Waals surface area contributed by atoms with Crippen LogP contribution in [0.2, 0.25) is 0 Å². The van der Waals surface area contributed by atoms with Crippen molar-refractivity contribution in [1.82, 2.24) is 30.4 Å². The van der Waals surface area contributed by atoms with Crippen molar-refractivity contribution in [3.8, 4) is 22.8 Å². The number of hydrogen-bond donors (Lipinski definition) is 2. The molecule has 10 nitrogen and oxygen atoms in total. The van der Waals surface area contributed by atoms with Crippen LogP contribution in [0.25, 0.3) is 23.5 Å². The fourth-order valence-corrected chi connectivity index (χ4v) is 5.18. The molecule has 2 unspecified atom stereocenters. The summed E-state index contributed by atoms with van der Waals surface area (Å²) < 4.78 is 13.2. The highest BCUT2D eigenvalue weighted by Gasteiger charge is 2.30. The normalized spacial score (nSPS) is 18.6. The molecule has 37 heavy (non-hydrogen) atoms. The van der Waals surface area contributed by atoms with Crippen molar-refractivity contribution in [1.29, 1.82) is 0 Å². The lowest BCUT2D eigenvalue weighted by Crippen LogP contribution is -2.49. The predicted molar refractivity (Wildman–Crippen MR) is 141 cm³/mol. The molecule has 194 valence electrons. The zero-order valence-corrected chi connectivity index (χ0v) is 21.9. The minimum atomic E-state index is -0.107. The van der Waals surface area contributed by atoms with E-state index in [1.54, 1.807) is 31.3 Å². The third-order valence-electron chi connectivity index (χ3n) is 7.09. The summed E-state index contributed by atoms with van der Waals surface area (Å²) >= 11 is 0. The summed E-state index contributed by atoms with van der Waals surface area (Å²) in [6.07, 6.45) is 11.5. The number of methoxy groups -OCH3 is 2. The number of aryl methyl sites for hydroxylation is 1. The molecular weight excluding hydrogens is 470 g/mol. The number of benzene rings is 1. The molecule has 10 heteroatoms. The zero-order valence-electron chi connectivity index (χ0n) is 21.9. The number of ether oxygens (including phenoxy) is 2. The summed E-state index contributed by atoms with van der Waals surface area (Å²) in [5, 5.41) is 12.6. The molecular formula is C27H33N7O3. The maximum absolute atomic E-state index is 12.0. The van der Waals surface area contributed by atoms with Gasteiger partial charge in [-0.1, -0.05) is 6.08 Å². The van der Waals surface area contributed by atoms with Gasteiger partial charge in [-0.2, -0.15) is 5.10 Å². The summed E-state index contributed by atoms with van der Waals surface area (Å²) in [5.41, 5.74) is 4.75. The maximum Gasteiger partial charge on any atom is 0.220 e. The molecule has 0 spiro atoms. The van der Waals surface area contributed by atoms with Gasteiger partial charge in [-0.15, -0.1) is 0 Å². The van der Waals surface area contributed by atoms with Crippen LogP contribution in [0.3, 0.4) is 0 Å². The lowest BCUT2D eigenvalue weighted by Gasteiger charge is -2.37. The lowest BCUT2D eigenvalue weighted by molar-refractivity contribution is -0.119.